The van der Waals surface area contributed by atoms with Crippen molar-refractivity contribution in [1.82, 2.24) is 15.5 Å². The van der Waals surface area contributed by atoms with Gasteiger partial charge in [0.2, 0.25) is 0 Å². The number of halogens is 1. The van der Waals surface area contributed by atoms with Crippen LogP contribution in [0.2, 0.25) is 0 Å². The van der Waals surface area contributed by atoms with Gasteiger partial charge < -0.3 is 25.0 Å². The fraction of sp³-hybridized carbons (Fsp3) is 0.600. The van der Waals surface area contributed by atoms with Crippen molar-refractivity contribution in [3.05, 3.63) is 23.8 Å². The van der Waals surface area contributed by atoms with Gasteiger partial charge in [0.1, 0.15) is 0 Å². The lowest BCUT2D eigenvalue weighted by molar-refractivity contribution is -0.134. The summed E-state index contributed by atoms with van der Waals surface area (Å²) in [5, 5.41) is 5.94. The van der Waals surface area contributed by atoms with Crippen molar-refractivity contribution >= 4 is 24.2 Å². The Morgan fingerprint density at radius 3 is 2.50 bits per heavy atom. The first-order valence-corrected chi connectivity index (χ1v) is 9.68. The van der Waals surface area contributed by atoms with Gasteiger partial charge in [-0.25, -0.2) is 0 Å². The maximum absolute atomic E-state index is 12.3. The normalized spacial score (nSPS) is 14.6. The number of nitrogens with zero attached hydrogens (tertiary/aromatic N) is 1. The molecule has 1 fully saturated rings. The number of carbonyl (C=O) groups is 2. The highest BCUT2D eigenvalue weighted by molar-refractivity contribution is 5.94. The van der Waals surface area contributed by atoms with Crippen LogP contribution in [-0.2, 0) is 4.79 Å². The molecule has 28 heavy (non-hydrogen) atoms. The fourth-order valence-corrected chi connectivity index (χ4v) is 2.86. The maximum atomic E-state index is 12.3. The van der Waals surface area contributed by atoms with Crippen LogP contribution >= 0.6 is 12.4 Å². The van der Waals surface area contributed by atoms with Crippen LogP contribution in [0.3, 0.4) is 0 Å². The molecule has 0 saturated carbocycles. The van der Waals surface area contributed by atoms with E-state index in [1.165, 1.54) is 6.42 Å². The predicted molar refractivity (Wildman–Crippen MR) is 112 cm³/mol. The number of hydrogen-bond donors (Lipinski definition) is 2. The summed E-state index contributed by atoms with van der Waals surface area (Å²) in [6.07, 6.45) is 3.27. The Kier molecular flexibility index (Phi) is 10.7. The van der Waals surface area contributed by atoms with Gasteiger partial charge in [0.25, 0.3) is 11.8 Å². The largest absolute Gasteiger partial charge is 0.490 e. The summed E-state index contributed by atoms with van der Waals surface area (Å²) < 4.78 is 11.3. The van der Waals surface area contributed by atoms with Crippen molar-refractivity contribution in [3.63, 3.8) is 0 Å². The van der Waals surface area contributed by atoms with Gasteiger partial charge in [0, 0.05) is 31.2 Å². The molecule has 1 aliphatic heterocycles. The summed E-state index contributed by atoms with van der Waals surface area (Å²) in [5.74, 6) is 0.759. The van der Waals surface area contributed by atoms with E-state index in [1.807, 2.05) is 25.8 Å². The number of rotatable bonds is 9. The highest BCUT2D eigenvalue weighted by Gasteiger charge is 2.18. The standard InChI is InChI=1S/C20H31N3O4.ClH/c1-4-26-18-12-16(20(25)22-13-15(2)21-3)8-9-17(18)27-14-19(24)23-10-6-5-7-11-23;/h8-9,12,15,21H,4-7,10-11,13-14H2,1-3H3,(H,22,25);1H. The maximum Gasteiger partial charge on any atom is 0.260 e. The van der Waals surface area contributed by atoms with Gasteiger partial charge in [-0.3, -0.25) is 9.59 Å². The molecule has 0 bridgehead atoms. The molecule has 2 rings (SSSR count). The highest BCUT2D eigenvalue weighted by atomic mass is 35.5. The van der Waals surface area contributed by atoms with Crippen molar-refractivity contribution in [1.29, 1.82) is 0 Å². The van der Waals surface area contributed by atoms with Crippen LogP contribution in [-0.4, -0.2) is 62.7 Å². The molecule has 1 heterocycles. The van der Waals surface area contributed by atoms with Crippen LogP contribution in [0.5, 0.6) is 11.5 Å². The average Bonchev–Trinajstić information content (AvgIpc) is 2.71. The van der Waals surface area contributed by atoms with Crippen molar-refractivity contribution < 1.29 is 19.1 Å². The van der Waals surface area contributed by atoms with E-state index in [9.17, 15) is 9.59 Å². The predicted octanol–water partition coefficient (Wildman–Crippen LogP) is 2.24. The van der Waals surface area contributed by atoms with Crippen LogP contribution in [0.1, 0.15) is 43.5 Å². The summed E-state index contributed by atoms with van der Waals surface area (Å²) in [7, 11) is 1.85. The molecular formula is C20H32ClN3O4. The molecule has 1 aliphatic rings. The molecule has 7 nitrogen and oxygen atoms in total. The zero-order chi connectivity index (χ0) is 19.6. The number of nitrogens with one attached hydrogen (secondary N) is 2. The summed E-state index contributed by atoms with van der Waals surface area (Å²) in [6.45, 7) is 6.40. The van der Waals surface area contributed by atoms with Crippen molar-refractivity contribution in [2.45, 2.75) is 39.2 Å². The van der Waals surface area contributed by atoms with Gasteiger partial charge in [-0.15, -0.1) is 12.4 Å². The number of piperidine rings is 1. The molecule has 8 heteroatoms. The average molecular weight is 414 g/mol. The molecule has 0 spiro atoms. The third-order valence-corrected chi connectivity index (χ3v) is 4.63. The van der Waals surface area contributed by atoms with E-state index in [0.717, 1.165) is 25.9 Å². The summed E-state index contributed by atoms with van der Waals surface area (Å²) in [6, 6.07) is 5.21. The molecule has 1 atom stereocenters. The minimum Gasteiger partial charge on any atom is -0.490 e. The Bertz CT molecular complexity index is 636. The first-order chi connectivity index (χ1) is 13.0. The molecule has 1 aromatic rings. The Hall–Kier alpha value is -1.99. The number of likely N-dealkylation sites (tertiary alicyclic amines) is 1. The van der Waals surface area contributed by atoms with Gasteiger partial charge in [0.05, 0.1) is 6.61 Å². The minimum absolute atomic E-state index is 0. The molecule has 0 aromatic heterocycles. The second-order valence-electron chi connectivity index (χ2n) is 6.72. The highest BCUT2D eigenvalue weighted by Crippen LogP contribution is 2.28. The lowest BCUT2D eigenvalue weighted by Gasteiger charge is -2.26. The van der Waals surface area contributed by atoms with E-state index >= 15 is 0 Å². The second-order valence-corrected chi connectivity index (χ2v) is 6.72. The van der Waals surface area contributed by atoms with E-state index in [4.69, 9.17) is 9.47 Å². The smallest absolute Gasteiger partial charge is 0.260 e. The lowest BCUT2D eigenvalue weighted by atomic mass is 10.1. The summed E-state index contributed by atoms with van der Waals surface area (Å²) in [5.41, 5.74) is 0.497. The third-order valence-electron chi connectivity index (χ3n) is 4.63. The molecule has 1 unspecified atom stereocenters. The van der Waals surface area contributed by atoms with Gasteiger partial charge in [-0.05, 0) is 58.4 Å². The molecule has 2 amide bonds. The molecule has 2 N–H and O–H groups in total. The molecule has 0 radical (unpaired) electrons. The number of carbonyl (C=O) groups excluding carboxylic acids is 2. The molecule has 1 saturated heterocycles. The van der Waals surface area contributed by atoms with Crippen molar-refractivity contribution in [2.24, 2.45) is 0 Å². The van der Waals surface area contributed by atoms with E-state index < -0.39 is 0 Å². The van der Waals surface area contributed by atoms with E-state index in [0.29, 0.717) is 30.2 Å². The van der Waals surface area contributed by atoms with E-state index in [1.54, 1.807) is 18.2 Å². The van der Waals surface area contributed by atoms with Crippen LogP contribution in [0.15, 0.2) is 18.2 Å². The first-order valence-electron chi connectivity index (χ1n) is 9.68. The SMILES string of the molecule is CCOc1cc(C(=O)NCC(C)NC)ccc1OCC(=O)N1CCCCC1.Cl. The van der Waals surface area contributed by atoms with Gasteiger partial charge in [-0.2, -0.15) is 0 Å². The van der Waals surface area contributed by atoms with Crippen molar-refractivity contribution in [3.8, 4) is 11.5 Å². The zero-order valence-electron chi connectivity index (χ0n) is 17.0. The van der Waals surface area contributed by atoms with Gasteiger partial charge in [-0.1, -0.05) is 0 Å². The number of likely N-dealkylation sites (N-methyl/N-ethyl adjacent to an activating group) is 1. The topological polar surface area (TPSA) is 79.9 Å². The Morgan fingerprint density at radius 2 is 1.86 bits per heavy atom. The van der Waals surface area contributed by atoms with Gasteiger partial charge in [0.15, 0.2) is 18.1 Å². The molecule has 158 valence electrons. The number of ether oxygens (including phenoxy) is 2. The van der Waals surface area contributed by atoms with Crippen LogP contribution < -0.4 is 20.1 Å². The number of hydrogen-bond acceptors (Lipinski definition) is 5. The van der Waals surface area contributed by atoms with Crippen LogP contribution in [0.4, 0.5) is 0 Å². The molecule has 0 aliphatic carbocycles. The number of amides is 2. The van der Waals surface area contributed by atoms with Crippen molar-refractivity contribution in [2.75, 3.05) is 39.9 Å². The summed E-state index contributed by atoms with van der Waals surface area (Å²) >= 11 is 0. The zero-order valence-corrected chi connectivity index (χ0v) is 17.8. The first kappa shape index (κ1) is 24.0. The minimum atomic E-state index is -0.172. The van der Waals surface area contributed by atoms with Crippen LogP contribution in [0.25, 0.3) is 0 Å². The Morgan fingerprint density at radius 1 is 1.14 bits per heavy atom. The van der Waals surface area contributed by atoms with Gasteiger partial charge >= 0.3 is 0 Å². The molecular weight excluding hydrogens is 382 g/mol. The second kappa shape index (κ2) is 12.5. The Labute approximate surface area is 173 Å². The van der Waals surface area contributed by atoms with E-state index in [2.05, 4.69) is 10.6 Å². The Balaban J connectivity index is 0.00000392. The third kappa shape index (κ3) is 7.20. The quantitative estimate of drug-likeness (QED) is 0.649. The lowest BCUT2D eigenvalue weighted by Crippen LogP contribution is -2.38. The number of benzene rings is 1. The fourth-order valence-electron chi connectivity index (χ4n) is 2.86. The monoisotopic (exact) mass is 413 g/mol. The van der Waals surface area contributed by atoms with E-state index in [-0.39, 0.29) is 36.9 Å². The molecule has 1 aromatic carbocycles. The van der Waals surface area contributed by atoms with Crippen LogP contribution in [0, 0.1) is 0 Å². The summed E-state index contributed by atoms with van der Waals surface area (Å²) in [4.78, 5) is 26.4.